The van der Waals surface area contributed by atoms with Crippen molar-refractivity contribution in [2.45, 2.75) is 0 Å². The van der Waals surface area contributed by atoms with Crippen molar-refractivity contribution in [3.8, 4) is 11.3 Å². The third kappa shape index (κ3) is 1.92. The van der Waals surface area contributed by atoms with Gasteiger partial charge in [0, 0.05) is 21.0 Å². The van der Waals surface area contributed by atoms with Crippen LogP contribution in [0.15, 0.2) is 59.0 Å². The molecule has 0 unspecified atom stereocenters. The maximum atomic E-state index is 7.60. The van der Waals surface area contributed by atoms with Gasteiger partial charge in [-0.15, -0.1) is 11.3 Å². The molecule has 3 N–H and O–H groups in total. The van der Waals surface area contributed by atoms with Crippen LogP contribution in [0.5, 0.6) is 0 Å². The second-order valence-electron chi connectivity index (χ2n) is 4.89. The Morgan fingerprint density at radius 3 is 2.71 bits per heavy atom. The monoisotopic (exact) mass is 292 g/mol. The molecule has 0 aliphatic carbocycles. The van der Waals surface area contributed by atoms with E-state index >= 15 is 0 Å². The summed E-state index contributed by atoms with van der Waals surface area (Å²) in [5.74, 6) is 0.946. The summed E-state index contributed by atoms with van der Waals surface area (Å²) in [5.41, 5.74) is 7.51. The molecule has 0 aliphatic heterocycles. The lowest BCUT2D eigenvalue weighted by molar-refractivity contribution is 0.632. The minimum Gasteiger partial charge on any atom is -0.456 e. The number of rotatable bonds is 2. The molecule has 2 aromatic heterocycles. The molecule has 0 spiro atoms. The van der Waals surface area contributed by atoms with E-state index < -0.39 is 0 Å². The molecule has 4 rings (SSSR count). The van der Waals surface area contributed by atoms with Gasteiger partial charge in [-0.05, 0) is 24.3 Å². The fraction of sp³-hybridized carbons (Fsp3) is 0. The quantitative estimate of drug-likeness (QED) is 0.419. The number of nitrogen functional groups attached to an aromatic ring is 1. The van der Waals surface area contributed by atoms with Crippen molar-refractivity contribution in [3.05, 3.63) is 59.5 Å². The van der Waals surface area contributed by atoms with E-state index in [0.29, 0.717) is 0 Å². The van der Waals surface area contributed by atoms with E-state index in [1.54, 1.807) is 0 Å². The number of para-hydroxylation sites is 1. The highest BCUT2D eigenvalue weighted by Crippen LogP contribution is 2.36. The van der Waals surface area contributed by atoms with Gasteiger partial charge in [-0.1, -0.05) is 30.3 Å². The SMILES string of the molecule is N=C(N)c1cc2c(-c3cc4ccccc4o3)cccc2s1. The van der Waals surface area contributed by atoms with Gasteiger partial charge < -0.3 is 10.2 Å². The molecule has 2 heterocycles. The van der Waals surface area contributed by atoms with Crippen LogP contribution in [0.4, 0.5) is 0 Å². The minimum absolute atomic E-state index is 0.103. The third-order valence-corrected chi connectivity index (χ3v) is 4.65. The largest absolute Gasteiger partial charge is 0.456 e. The van der Waals surface area contributed by atoms with Gasteiger partial charge in [0.15, 0.2) is 0 Å². The zero-order valence-corrected chi connectivity index (χ0v) is 11.9. The molecule has 0 bridgehead atoms. The number of benzene rings is 2. The first kappa shape index (κ1) is 12.2. The Balaban J connectivity index is 1.98. The third-order valence-electron chi connectivity index (χ3n) is 3.52. The molecule has 2 aromatic carbocycles. The van der Waals surface area contributed by atoms with Crippen molar-refractivity contribution in [2.75, 3.05) is 0 Å². The summed E-state index contributed by atoms with van der Waals surface area (Å²) in [6.07, 6.45) is 0. The van der Waals surface area contributed by atoms with Gasteiger partial charge in [-0.25, -0.2) is 0 Å². The summed E-state index contributed by atoms with van der Waals surface area (Å²) in [5, 5.41) is 9.76. The Morgan fingerprint density at radius 2 is 1.90 bits per heavy atom. The Kier molecular flexibility index (Phi) is 2.59. The zero-order valence-electron chi connectivity index (χ0n) is 11.1. The van der Waals surface area contributed by atoms with Gasteiger partial charge >= 0.3 is 0 Å². The maximum absolute atomic E-state index is 7.60. The number of furan rings is 1. The molecular weight excluding hydrogens is 280 g/mol. The first-order chi connectivity index (χ1) is 10.2. The molecule has 21 heavy (non-hydrogen) atoms. The van der Waals surface area contributed by atoms with Crippen molar-refractivity contribution in [3.63, 3.8) is 0 Å². The fourth-order valence-corrected chi connectivity index (χ4v) is 3.47. The van der Waals surface area contributed by atoms with Crippen molar-refractivity contribution < 1.29 is 4.42 Å². The van der Waals surface area contributed by atoms with E-state index in [1.165, 1.54) is 11.3 Å². The lowest BCUT2D eigenvalue weighted by Gasteiger charge is -1.98. The number of hydrogen-bond donors (Lipinski definition) is 2. The van der Waals surface area contributed by atoms with Gasteiger partial charge in [-0.3, -0.25) is 5.41 Å². The standard InChI is InChI=1S/C17H12N2OS/c18-17(19)16-9-12-11(5-3-7-15(12)21-16)14-8-10-4-1-2-6-13(10)20-14/h1-9H,(H3,18,19). The van der Waals surface area contributed by atoms with E-state index in [1.807, 2.05) is 48.5 Å². The number of amidine groups is 1. The molecule has 0 amide bonds. The van der Waals surface area contributed by atoms with Crippen LogP contribution in [0, 0.1) is 5.41 Å². The van der Waals surface area contributed by atoms with Gasteiger partial charge in [0.1, 0.15) is 17.2 Å². The Bertz CT molecular complexity index is 948. The van der Waals surface area contributed by atoms with Crippen LogP contribution in [0.3, 0.4) is 0 Å². The smallest absolute Gasteiger partial charge is 0.136 e. The Hall–Kier alpha value is -2.59. The molecule has 4 heteroatoms. The molecule has 0 aliphatic rings. The second-order valence-corrected chi connectivity index (χ2v) is 5.97. The van der Waals surface area contributed by atoms with E-state index in [9.17, 15) is 0 Å². The van der Waals surface area contributed by atoms with Crippen molar-refractivity contribution in [2.24, 2.45) is 5.73 Å². The second kappa shape index (κ2) is 4.46. The summed E-state index contributed by atoms with van der Waals surface area (Å²) in [6, 6.07) is 18.1. The van der Waals surface area contributed by atoms with E-state index in [2.05, 4.69) is 6.07 Å². The number of nitrogens with one attached hydrogen (secondary N) is 1. The fourth-order valence-electron chi connectivity index (χ4n) is 2.52. The van der Waals surface area contributed by atoms with Crippen LogP contribution in [0.25, 0.3) is 32.4 Å². The van der Waals surface area contributed by atoms with Crippen molar-refractivity contribution >= 4 is 38.2 Å². The molecule has 0 fully saturated rings. The average molecular weight is 292 g/mol. The first-order valence-corrected chi connectivity index (χ1v) is 7.40. The average Bonchev–Trinajstić information content (AvgIpc) is 3.10. The summed E-state index contributed by atoms with van der Waals surface area (Å²) < 4.78 is 7.06. The predicted molar refractivity (Wildman–Crippen MR) is 88.0 cm³/mol. The highest BCUT2D eigenvalue weighted by Gasteiger charge is 2.12. The van der Waals surface area contributed by atoms with Crippen LogP contribution in [0.2, 0.25) is 0 Å². The summed E-state index contributed by atoms with van der Waals surface area (Å²) in [4.78, 5) is 0.786. The molecule has 0 radical (unpaired) electrons. The molecule has 3 nitrogen and oxygen atoms in total. The van der Waals surface area contributed by atoms with Gasteiger partial charge in [0.25, 0.3) is 0 Å². The zero-order chi connectivity index (χ0) is 14.4. The van der Waals surface area contributed by atoms with Gasteiger partial charge in [0.05, 0.1) is 4.88 Å². The van der Waals surface area contributed by atoms with Gasteiger partial charge in [-0.2, -0.15) is 0 Å². The summed E-state index contributed by atoms with van der Waals surface area (Å²) >= 11 is 1.53. The van der Waals surface area contributed by atoms with Crippen LogP contribution in [0.1, 0.15) is 4.88 Å². The number of fused-ring (bicyclic) bond motifs is 2. The van der Waals surface area contributed by atoms with Crippen LogP contribution in [-0.2, 0) is 0 Å². The van der Waals surface area contributed by atoms with Crippen molar-refractivity contribution in [1.82, 2.24) is 0 Å². The first-order valence-electron chi connectivity index (χ1n) is 6.58. The molecule has 0 saturated heterocycles. The number of nitrogens with two attached hydrogens (primary N) is 1. The molecular formula is C17H12N2OS. The Morgan fingerprint density at radius 1 is 1.05 bits per heavy atom. The van der Waals surface area contributed by atoms with Crippen molar-refractivity contribution in [1.29, 1.82) is 5.41 Å². The normalized spacial score (nSPS) is 11.2. The maximum Gasteiger partial charge on any atom is 0.136 e. The topological polar surface area (TPSA) is 63.0 Å². The molecule has 0 atom stereocenters. The number of thiophene rings is 1. The molecule has 4 aromatic rings. The minimum atomic E-state index is 0.103. The Labute approximate surface area is 125 Å². The molecule has 0 saturated carbocycles. The highest BCUT2D eigenvalue weighted by molar-refractivity contribution is 7.20. The van der Waals surface area contributed by atoms with E-state index in [4.69, 9.17) is 15.6 Å². The summed E-state index contributed by atoms with van der Waals surface area (Å²) in [6.45, 7) is 0. The summed E-state index contributed by atoms with van der Waals surface area (Å²) in [7, 11) is 0. The van der Waals surface area contributed by atoms with Crippen LogP contribution < -0.4 is 5.73 Å². The number of hydrogen-bond acceptors (Lipinski definition) is 3. The lowest BCUT2D eigenvalue weighted by Crippen LogP contribution is -2.08. The predicted octanol–water partition coefficient (Wildman–Crippen LogP) is 4.60. The van der Waals surface area contributed by atoms with E-state index in [0.717, 1.165) is 37.3 Å². The van der Waals surface area contributed by atoms with Gasteiger partial charge in [0.2, 0.25) is 0 Å². The van der Waals surface area contributed by atoms with E-state index in [-0.39, 0.29) is 5.84 Å². The molecule has 102 valence electrons. The van der Waals surface area contributed by atoms with Crippen LogP contribution >= 0.6 is 11.3 Å². The lowest BCUT2D eigenvalue weighted by atomic mass is 10.1. The highest BCUT2D eigenvalue weighted by atomic mass is 32.1. The van der Waals surface area contributed by atoms with Crippen LogP contribution in [-0.4, -0.2) is 5.84 Å².